The second kappa shape index (κ2) is 4.94. The molecule has 0 aliphatic heterocycles. The standard InChI is InChI=1S/C15H20N2O/c1-5-12-7-6-8-13(9-12)15(18)14-10(2)16-17(4)11(14)3/h6-9,15,18H,5H2,1-4H3. The average Bonchev–Trinajstić information content (AvgIpc) is 2.62. The Hall–Kier alpha value is -1.61. The lowest BCUT2D eigenvalue weighted by Gasteiger charge is -2.13. The maximum absolute atomic E-state index is 10.5. The fourth-order valence-electron chi connectivity index (χ4n) is 2.34. The highest BCUT2D eigenvalue weighted by molar-refractivity contribution is 5.36. The van der Waals surface area contributed by atoms with Crippen LogP contribution in [0, 0.1) is 13.8 Å². The number of aromatic nitrogens is 2. The molecular formula is C15H20N2O. The van der Waals surface area contributed by atoms with E-state index in [0.717, 1.165) is 28.9 Å². The van der Waals surface area contributed by atoms with E-state index in [9.17, 15) is 5.11 Å². The third-order valence-electron chi connectivity index (χ3n) is 3.51. The number of hydrogen-bond acceptors (Lipinski definition) is 2. The van der Waals surface area contributed by atoms with Crippen LogP contribution in [0.15, 0.2) is 24.3 Å². The van der Waals surface area contributed by atoms with Crippen molar-refractivity contribution in [2.45, 2.75) is 33.3 Å². The Balaban J connectivity index is 2.44. The van der Waals surface area contributed by atoms with Crippen molar-refractivity contribution >= 4 is 0 Å². The monoisotopic (exact) mass is 244 g/mol. The van der Waals surface area contributed by atoms with Crippen molar-refractivity contribution in [3.05, 3.63) is 52.3 Å². The second-order valence-electron chi connectivity index (χ2n) is 4.71. The number of nitrogens with zero attached hydrogens (tertiary/aromatic N) is 2. The predicted octanol–water partition coefficient (Wildman–Crippen LogP) is 2.68. The van der Waals surface area contributed by atoms with Crippen molar-refractivity contribution in [2.75, 3.05) is 0 Å². The zero-order valence-corrected chi connectivity index (χ0v) is 11.4. The summed E-state index contributed by atoms with van der Waals surface area (Å²) < 4.78 is 1.82. The summed E-state index contributed by atoms with van der Waals surface area (Å²) in [6.07, 6.45) is 0.385. The summed E-state index contributed by atoms with van der Waals surface area (Å²) in [5.74, 6) is 0. The van der Waals surface area contributed by atoms with Crippen molar-refractivity contribution in [1.82, 2.24) is 9.78 Å². The maximum atomic E-state index is 10.5. The van der Waals surface area contributed by atoms with Crippen LogP contribution in [0.25, 0.3) is 0 Å². The molecule has 1 heterocycles. The minimum atomic E-state index is -0.592. The van der Waals surface area contributed by atoms with Crippen LogP contribution < -0.4 is 0 Å². The van der Waals surface area contributed by atoms with Gasteiger partial charge < -0.3 is 5.11 Å². The topological polar surface area (TPSA) is 38.1 Å². The normalized spacial score (nSPS) is 12.7. The van der Waals surface area contributed by atoms with Crippen LogP contribution in [-0.4, -0.2) is 14.9 Å². The lowest BCUT2D eigenvalue weighted by molar-refractivity contribution is 0.218. The van der Waals surface area contributed by atoms with Crippen LogP contribution in [-0.2, 0) is 13.5 Å². The van der Waals surface area contributed by atoms with E-state index in [0.29, 0.717) is 0 Å². The van der Waals surface area contributed by atoms with Gasteiger partial charge in [0, 0.05) is 18.3 Å². The molecule has 0 bridgehead atoms. The van der Waals surface area contributed by atoms with Gasteiger partial charge in [0.05, 0.1) is 5.69 Å². The molecule has 0 fully saturated rings. The number of aliphatic hydroxyl groups excluding tert-OH is 1. The average molecular weight is 244 g/mol. The van der Waals surface area contributed by atoms with Crippen molar-refractivity contribution in [2.24, 2.45) is 7.05 Å². The molecule has 0 radical (unpaired) electrons. The van der Waals surface area contributed by atoms with Gasteiger partial charge in [-0.1, -0.05) is 31.2 Å². The van der Waals surface area contributed by atoms with Crippen LogP contribution in [0.3, 0.4) is 0 Å². The molecule has 2 rings (SSSR count). The Morgan fingerprint density at radius 2 is 2.06 bits per heavy atom. The fourth-order valence-corrected chi connectivity index (χ4v) is 2.34. The first-order valence-corrected chi connectivity index (χ1v) is 6.31. The van der Waals surface area contributed by atoms with Gasteiger partial charge in [-0.05, 0) is 31.4 Å². The smallest absolute Gasteiger partial charge is 0.108 e. The summed E-state index contributed by atoms with van der Waals surface area (Å²) in [5.41, 5.74) is 5.01. The molecule has 0 spiro atoms. The highest BCUT2D eigenvalue weighted by Crippen LogP contribution is 2.27. The van der Waals surface area contributed by atoms with Gasteiger partial charge in [-0.3, -0.25) is 4.68 Å². The minimum absolute atomic E-state index is 0.592. The summed E-state index contributed by atoms with van der Waals surface area (Å²) in [6, 6.07) is 8.11. The SMILES string of the molecule is CCc1cccc(C(O)c2c(C)nn(C)c2C)c1. The molecule has 3 heteroatoms. The molecule has 3 nitrogen and oxygen atoms in total. The molecule has 0 aliphatic carbocycles. The van der Waals surface area contributed by atoms with E-state index in [1.54, 1.807) is 0 Å². The van der Waals surface area contributed by atoms with Crippen molar-refractivity contribution in [3.63, 3.8) is 0 Å². The predicted molar refractivity (Wildman–Crippen MR) is 72.6 cm³/mol. The third-order valence-corrected chi connectivity index (χ3v) is 3.51. The third kappa shape index (κ3) is 2.18. The summed E-state index contributed by atoms with van der Waals surface area (Å²) in [4.78, 5) is 0. The number of aliphatic hydroxyl groups is 1. The molecule has 0 amide bonds. The van der Waals surface area contributed by atoms with E-state index in [4.69, 9.17) is 0 Å². The van der Waals surface area contributed by atoms with E-state index >= 15 is 0 Å². The molecule has 1 aromatic heterocycles. The first kappa shape index (κ1) is 12.8. The summed E-state index contributed by atoms with van der Waals surface area (Å²) in [7, 11) is 1.90. The van der Waals surface area contributed by atoms with Crippen LogP contribution in [0.1, 0.15) is 41.1 Å². The van der Waals surface area contributed by atoms with E-state index < -0.39 is 6.10 Å². The van der Waals surface area contributed by atoms with Gasteiger partial charge in [-0.15, -0.1) is 0 Å². The number of hydrogen-bond donors (Lipinski definition) is 1. The highest BCUT2D eigenvalue weighted by atomic mass is 16.3. The van der Waals surface area contributed by atoms with E-state index in [-0.39, 0.29) is 0 Å². The maximum Gasteiger partial charge on any atom is 0.108 e. The van der Waals surface area contributed by atoms with E-state index in [1.165, 1.54) is 5.56 Å². The summed E-state index contributed by atoms with van der Waals surface area (Å²) >= 11 is 0. The Bertz CT molecular complexity index is 558. The molecular weight excluding hydrogens is 224 g/mol. The Morgan fingerprint density at radius 1 is 1.33 bits per heavy atom. The van der Waals surface area contributed by atoms with Crippen LogP contribution >= 0.6 is 0 Å². The second-order valence-corrected chi connectivity index (χ2v) is 4.71. The molecule has 0 saturated heterocycles. The largest absolute Gasteiger partial charge is 0.384 e. The molecule has 96 valence electrons. The lowest BCUT2D eigenvalue weighted by atomic mass is 9.98. The van der Waals surface area contributed by atoms with Crippen molar-refractivity contribution in [3.8, 4) is 0 Å². The van der Waals surface area contributed by atoms with Gasteiger partial charge in [0.2, 0.25) is 0 Å². The van der Waals surface area contributed by atoms with Gasteiger partial charge >= 0.3 is 0 Å². The first-order valence-electron chi connectivity index (χ1n) is 6.31. The highest BCUT2D eigenvalue weighted by Gasteiger charge is 2.19. The quantitative estimate of drug-likeness (QED) is 0.901. The Labute approximate surface area is 108 Å². The van der Waals surface area contributed by atoms with Gasteiger partial charge in [0.25, 0.3) is 0 Å². The fraction of sp³-hybridized carbons (Fsp3) is 0.400. The van der Waals surface area contributed by atoms with Crippen molar-refractivity contribution in [1.29, 1.82) is 0 Å². The molecule has 2 aromatic rings. The molecule has 18 heavy (non-hydrogen) atoms. The van der Waals surface area contributed by atoms with Crippen LogP contribution in [0.5, 0.6) is 0 Å². The van der Waals surface area contributed by atoms with Gasteiger partial charge in [0.1, 0.15) is 6.10 Å². The number of benzene rings is 1. The van der Waals surface area contributed by atoms with E-state index in [1.807, 2.05) is 37.7 Å². The number of aryl methyl sites for hydroxylation is 3. The van der Waals surface area contributed by atoms with Gasteiger partial charge in [0.15, 0.2) is 0 Å². The molecule has 0 aliphatic rings. The van der Waals surface area contributed by atoms with Crippen molar-refractivity contribution < 1.29 is 5.11 Å². The van der Waals surface area contributed by atoms with Crippen LogP contribution in [0.2, 0.25) is 0 Å². The number of rotatable bonds is 3. The molecule has 1 N–H and O–H groups in total. The molecule has 0 saturated carbocycles. The minimum Gasteiger partial charge on any atom is -0.384 e. The van der Waals surface area contributed by atoms with Crippen LogP contribution in [0.4, 0.5) is 0 Å². The van der Waals surface area contributed by atoms with Gasteiger partial charge in [-0.2, -0.15) is 5.10 Å². The molecule has 1 atom stereocenters. The van der Waals surface area contributed by atoms with Gasteiger partial charge in [-0.25, -0.2) is 0 Å². The Morgan fingerprint density at radius 3 is 2.61 bits per heavy atom. The summed E-state index contributed by atoms with van der Waals surface area (Å²) in [6.45, 7) is 6.05. The summed E-state index contributed by atoms with van der Waals surface area (Å²) in [5, 5.41) is 14.9. The Kier molecular flexibility index (Phi) is 3.53. The molecule has 1 unspecified atom stereocenters. The zero-order chi connectivity index (χ0) is 13.3. The first-order chi connectivity index (χ1) is 8.54. The molecule has 1 aromatic carbocycles. The van der Waals surface area contributed by atoms with E-state index in [2.05, 4.69) is 24.2 Å². The lowest BCUT2D eigenvalue weighted by Crippen LogP contribution is -2.03. The zero-order valence-electron chi connectivity index (χ0n) is 11.4.